The van der Waals surface area contributed by atoms with Crippen molar-refractivity contribution in [2.75, 3.05) is 19.5 Å². The molecule has 0 spiro atoms. The lowest BCUT2D eigenvalue weighted by atomic mass is 10.1. The summed E-state index contributed by atoms with van der Waals surface area (Å²) in [5.41, 5.74) is 1.01. The molecule has 0 aliphatic heterocycles. The highest BCUT2D eigenvalue weighted by Gasteiger charge is 2.16. The standard InChI is InChI=1S/C13H19ClO4S/c1-3-11(10-19(14,15)16)9-18-13-6-4-5-12(7-13)8-17-2/h4-7,11H,3,8-10H2,1-2H3. The van der Waals surface area contributed by atoms with Crippen molar-refractivity contribution in [3.8, 4) is 5.75 Å². The molecule has 0 N–H and O–H groups in total. The van der Waals surface area contributed by atoms with Gasteiger partial charge in [-0.3, -0.25) is 0 Å². The first-order valence-electron chi connectivity index (χ1n) is 6.07. The van der Waals surface area contributed by atoms with Gasteiger partial charge in [0, 0.05) is 23.7 Å². The van der Waals surface area contributed by atoms with Crippen molar-refractivity contribution in [1.29, 1.82) is 0 Å². The Kier molecular flexibility index (Phi) is 6.62. The van der Waals surface area contributed by atoms with Gasteiger partial charge in [-0.15, -0.1) is 0 Å². The predicted octanol–water partition coefficient (Wildman–Crippen LogP) is 2.81. The van der Waals surface area contributed by atoms with Gasteiger partial charge in [-0.2, -0.15) is 0 Å². The van der Waals surface area contributed by atoms with E-state index in [9.17, 15) is 8.42 Å². The molecule has 1 aromatic carbocycles. The first-order valence-corrected chi connectivity index (χ1v) is 8.55. The Morgan fingerprint density at radius 1 is 1.37 bits per heavy atom. The van der Waals surface area contributed by atoms with E-state index in [0.29, 0.717) is 25.4 Å². The number of benzene rings is 1. The molecule has 4 nitrogen and oxygen atoms in total. The smallest absolute Gasteiger partial charge is 0.232 e. The lowest BCUT2D eigenvalue weighted by Gasteiger charge is -2.14. The number of ether oxygens (including phenoxy) is 2. The fourth-order valence-corrected chi connectivity index (χ4v) is 3.10. The van der Waals surface area contributed by atoms with Crippen molar-refractivity contribution in [2.45, 2.75) is 20.0 Å². The number of hydrogen-bond acceptors (Lipinski definition) is 4. The molecular formula is C13H19ClO4S. The molecule has 0 saturated carbocycles. The first kappa shape index (κ1) is 16.3. The molecule has 0 bridgehead atoms. The van der Waals surface area contributed by atoms with Gasteiger partial charge in [-0.05, 0) is 24.1 Å². The van der Waals surface area contributed by atoms with Crippen molar-refractivity contribution in [2.24, 2.45) is 5.92 Å². The number of halogens is 1. The molecule has 0 aromatic heterocycles. The van der Waals surface area contributed by atoms with Crippen molar-refractivity contribution in [1.82, 2.24) is 0 Å². The molecule has 1 rings (SSSR count). The van der Waals surface area contributed by atoms with E-state index in [0.717, 1.165) is 5.56 Å². The summed E-state index contributed by atoms with van der Waals surface area (Å²) in [7, 11) is 3.40. The maximum Gasteiger partial charge on any atom is 0.232 e. The number of rotatable bonds is 8. The maximum atomic E-state index is 11.0. The molecule has 1 atom stereocenters. The molecule has 19 heavy (non-hydrogen) atoms. The fraction of sp³-hybridized carbons (Fsp3) is 0.538. The molecule has 0 amide bonds. The molecule has 0 fully saturated rings. The van der Waals surface area contributed by atoms with Gasteiger partial charge in [0.05, 0.1) is 19.0 Å². The first-order chi connectivity index (χ1) is 8.94. The average molecular weight is 307 g/mol. The largest absolute Gasteiger partial charge is 0.493 e. The molecule has 0 saturated heterocycles. The van der Waals surface area contributed by atoms with Crippen LogP contribution in [0.3, 0.4) is 0 Å². The summed E-state index contributed by atoms with van der Waals surface area (Å²) in [6.07, 6.45) is 0.698. The van der Waals surface area contributed by atoms with Crippen LogP contribution in [0.25, 0.3) is 0 Å². The number of hydrogen-bond donors (Lipinski definition) is 0. The van der Waals surface area contributed by atoms with Crippen LogP contribution in [0.15, 0.2) is 24.3 Å². The fourth-order valence-electron chi connectivity index (χ4n) is 1.67. The van der Waals surface area contributed by atoms with Crippen LogP contribution in [0.1, 0.15) is 18.9 Å². The van der Waals surface area contributed by atoms with Gasteiger partial charge in [0.1, 0.15) is 5.75 Å². The summed E-state index contributed by atoms with van der Waals surface area (Å²) in [4.78, 5) is 0. The van der Waals surface area contributed by atoms with Crippen molar-refractivity contribution < 1.29 is 17.9 Å². The molecule has 1 unspecified atom stereocenters. The normalized spacial score (nSPS) is 13.2. The van der Waals surface area contributed by atoms with E-state index >= 15 is 0 Å². The minimum Gasteiger partial charge on any atom is -0.493 e. The van der Waals surface area contributed by atoms with Gasteiger partial charge in [-0.25, -0.2) is 8.42 Å². The molecule has 108 valence electrons. The van der Waals surface area contributed by atoms with Crippen LogP contribution in [-0.4, -0.2) is 27.9 Å². The Morgan fingerprint density at radius 3 is 2.68 bits per heavy atom. The Morgan fingerprint density at radius 2 is 2.11 bits per heavy atom. The summed E-state index contributed by atoms with van der Waals surface area (Å²) in [5.74, 6) is 0.538. The third-order valence-corrected chi connectivity index (χ3v) is 3.95. The van der Waals surface area contributed by atoms with E-state index < -0.39 is 9.05 Å². The van der Waals surface area contributed by atoms with Gasteiger partial charge in [-0.1, -0.05) is 19.1 Å². The third-order valence-electron chi connectivity index (χ3n) is 2.71. The zero-order valence-electron chi connectivity index (χ0n) is 11.1. The zero-order chi connectivity index (χ0) is 14.3. The summed E-state index contributed by atoms with van der Waals surface area (Å²) >= 11 is 0. The van der Waals surface area contributed by atoms with E-state index in [1.54, 1.807) is 7.11 Å². The second kappa shape index (κ2) is 7.72. The van der Waals surface area contributed by atoms with Gasteiger partial charge >= 0.3 is 0 Å². The molecule has 6 heteroatoms. The van der Waals surface area contributed by atoms with E-state index in [1.165, 1.54) is 0 Å². The maximum absolute atomic E-state index is 11.0. The monoisotopic (exact) mass is 306 g/mol. The summed E-state index contributed by atoms with van der Waals surface area (Å²) in [6.45, 7) is 2.76. The van der Waals surface area contributed by atoms with Crippen LogP contribution in [0.4, 0.5) is 0 Å². The van der Waals surface area contributed by atoms with E-state index in [4.69, 9.17) is 20.2 Å². The Hall–Kier alpha value is -0.780. The van der Waals surface area contributed by atoms with Crippen LogP contribution in [0, 0.1) is 5.92 Å². The average Bonchev–Trinajstić information content (AvgIpc) is 2.34. The third kappa shape index (κ3) is 6.80. The van der Waals surface area contributed by atoms with Crippen LogP contribution >= 0.6 is 10.7 Å². The minimum atomic E-state index is -3.48. The quantitative estimate of drug-likeness (QED) is 0.693. The van der Waals surface area contributed by atoms with Crippen LogP contribution in [0.2, 0.25) is 0 Å². The molecule has 0 aliphatic rings. The molecule has 0 heterocycles. The van der Waals surface area contributed by atoms with Gasteiger partial charge in [0.15, 0.2) is 0 Å². The Balaban J connectivity index is 2.57. The van der Waals surface area contributed by atoms with E-state index in [2.05, 4.69) is 0 Å². The second-order valence-corrected chi connectivity index (χ2v) is 7.19. The van der Waals surface area contributed by atoms with Crippen molar-refractivity contribution >= 4 is 19.7 Å². The highest BCUT2D eigenvalue weighted by molar-refractivity contribution is 8.13. The van der Waals surface area contributed by atoms with E-state index in [1.807, 2.05) is 31.2 Å². The topological polar surface area (TPSA) is 52.6 Å². The molecule has 0 aliphatic carbocycles. The highest BCUT2D eigenvalue weighted by atomic mass is 35.7. The lowest BCUT2D eigenvalue weighted by molar-refractivity contribution is 0.184. The second-order valence-electron chi connectivity index (χ2n) is 4.37. The predicted molar refractivity (Wildman–Crippen MR) is 76.1 cm³/mol. The Bertz CT molecular complexity index is 487. The lowest BCUT2D eigenvalue weighted by Crippen LogP contribution is -2.19. The van der Waals surface area contributed by atoms with Crippen molar-refractivity contribution in [3.05, 3.63) is 29.8 Å². The summed E-state index contributed by atoms with van der Waals surface area (Å²) < 4.78 is 32.7. The van der Waals surface area contributed by atoms with Gasteiger partial charge < -0.3 is 9.47 Å². The molecule has 0 radical (unpaired) electrons. The molecular weight excluding hydrogens is 288 g/mol. The van der Waals surface area contributed by atoms with Crippen molar-refractivity contribution in [3.63, 3.8) is 0 Å². The highest BCUT2D eigenvalue weighted by Crippen LogP contribution is 2.17. The summed E-state index contributed by atoms with van der Waals surface area (Å²) in [5, 5.41) is 0. The summed E-state index contributed by atoms with van der Waals surface area (Å²) in [6, 6.07) is 7.53. The van der Waals surface area contributed by atoms with Crippen LogP contribution in [0.5, 0.6) is 5.75 Å². The minimum absolute atomic E-state index is 0.0666. The van der Waals surface area contributed by atoms with Crippen LogP contribution in [-0.2, 0) is 20.4 Å². The molecule has 1 aromatic rings. The number of methoxy groups -OCH3 is 1. The van der Waals surface area contributed by atoms with Gasteiger partial charge in [0.2, 0.25) is 9.05 Å². The zero-order valence-corrected chi connectivity index (χ0v) is 12.7. The SMILES string of the molecule is CCC(COc1cccc(COC)c1)CS(=O)(=O)Cl. The van der Waals surface area contributed by atoms with Gasteiger partial charge in [0.25, 0.3) is 0 Å². The van der Waals surface area contributed by atoms with E-state index in [-0.39, 0.29) is 11.7 Å². The van der Waals surface area contributed by atoms with Crippen LogP contribution < -0.4 is 4.74 Å². The Labute approximate surface area is 119 Å².